The van der Waals surface area contributed by atoms with Crippen molar-refractivity contribution in [1.82, 2.24) is 4.98 Å². The maximum atomic E-state index is 5.80. The van der Waals surface area contributed by atoms with Gasteiger partial charge in [0.1, 0.15) is 11.6 Å². The number of benzene rings is 1. The van der Waals surface area contributed by atoms with Crippen LogP contribution in [-0.2, 0) is 0 Å². The molecular formula is C11H12N2O. The number of ether oxygens (including phenoxy) is 1. The average molecular weight is 188 g/mol. The number of methoxy groups -OCH3 is 1. The Balaban J connectivity index is 2.75. The zero-order valence-corrected chi connectivity index (χ0v) is 8.24. The normalized spacial score (nSPS) is 10.4. The molecule has 0 aliphatic heterocycles. The highest BCUT2D eigenvalue weighted by Gasteiger charge is 2.01. The smallest absolute Gasteiger partial charge is 0.131 e. The van der Waals surface area contributed by atoms with Crippen molar-refractivity contribution in [3.8, 4) is 5.75 Å². The Labute approximate surface area is 82.5 Å². The molecule has 0 amide bonds. The Kier molecular flexibility index (Phi) is 2.00. The highest BCUT2D eigenvalue weighted by Crippen LogP contribution is 2.24. The van der Waals surface area contributed by atoms with Crippen LogP contribution in [-0.4, -0.2) is 12.1 Å². The Morgan fingerprint density at radius 1 is 1.29 bits per heavy atom. The molecule has 3 nitrogen and oxygen atoms in total. The van der Waals surface area contributed by atoms with Crippen LogP contribution in [0.15, 0.2) is 24.3 Å². The summed E-state index contributed by atoms with van der Waals surface area (Å²) < 4.78 is 5.14. The number of rotatable bonds is 1. The van der Waals surface area contributed by atoms with Crippen LogP contribution >= 0.6 is 0 Å². The van der Waals surface area contributed by atoms with Crippen LogP contribution < -0.4 is 10.5 Å². The van der Waals surface area contributed by atoms with Crippen LogP contribution in [0.5, 0.6) is 5.75 Å². The maximum absolute atomic E-state index is 5.80. The van der Waals surface area contributed by atoms with E-state index in [9.17, 15) is 0 Å². The molecule has 0 radical (unpaired) electrons. The van der Waals surface area contributed by atoms with Crippen LogP contribution in [0.2, 0.25) is 0 Å². The lowest BCUT2D eigenvalue weighted by Gasteiger charge is -2.05. The molecule has 3 heteroatoms. The summed E-state index contributed by atoms with van der Waals surface area (Å²) in [6.45, 7) is 1.93. The molecule has 0 spiro atoms. The summed E-state index contributed by atoms with van der Waals surface area (Å²) in [4.78, 5) is 4.19. The van der Waals surface area contributed by atoms with Gasteiger partial charge in [0.2, 0.25) is 0 Å². The molecule has 1 aromatic heterocycles. The van der Waals surface area contributed by atoms with Gasteiger partial charge in [0.05, 0.1) is 7.11 Å². The Bertz CT molecular complexity index is 480. The molecule has 72 valence electrons. The first-order valence-electron chi connectivity index (χ1n) is 4.41. The van der Waals surface area contributed by atoms with Gasteiger partial charge in [0, 0.05) is 11.1 Å². The first-order chi connectivity index (χ1) is 6.70. The fraction of sp³-hybridized carbons (Fsp3) is 0.182. The molecule has 0 aliphatic carbocycles. The third-order valence-corrected chi connectivity index (χ3v) is 2.20. The highest BCUT2D eigenvalue weighted by molar-refractivity contribution is 5.92. The number of aromatic nitrogens is 1. The molecule has 0 fully saturated rings. The lowest BCUT2D eigenvalue weighted by Crippen LogP contribution is -1.94. The van der Waals surface area contributed by atoms with E-state index < -0.39 is 0 Å². The molecular weight excluding hydrogens is 176 g/mol. The van der Waals surface area contributed by atoms with Crippen LogP contribution in [0.4, 0.5) is 5.82 Å². The van der Waals surface area contributed by atoms with Crippen molar-refractivity contribution < 1.29 is 4.74 Å². The number of hydrogen-bond acceptors (Lipinski definition) is 3. The molecule has 0 atom stereocenters. The van der Waals surface area contributed by atoms with E-state index in [2.05, 4.69) is 4.98 Å². The summed E-state index contributed by atoms with van der Waals surface area (Å²) >= 11 is 0. The van der Waals surface area contributed by atoms with Crippen LogP contribution in [0.1, 0.15) is 5.69 Å². The van der Waals surface area contributed by atoms with Gasteiger partial charge in [0.25, 0.3) is 0 Å². The second-order valence-corrected chi connectivity index (χ2v) is 3.24. The third kappa shape index (κ3) is 1.37. The minimum absolute atomic E-state index is 0.572. The molecule has 0 bridgehead atoms. The maximum Gasteiger partial charge on any atom is 0.131 e. The Morgan fingerprint density at radius 2 is 2.07 bits per heavy atom. The standard InChI is InChI=1S/C11H12N2O/c1-7-5-8-6-9(14-2)3-4-10(8)11(12)13-7/h3-6H,1-2H3,(H2,12,13). The van der Waals surface area contributed by atoms with Crippen LogP contribution in [0.3, 0.4) is 0 Å². The van der Waals surface area contributed by atoms with E-state index in [4.69, 9.17) is 10.5 Å². The van der Waals surface area contributed by atoms with E-state index in [1.807, 2.05) is 31.2 Å². The third-order valence-electron chi connectivity index (χ3n) is 2.20. The number of hydrogen-bond donors (Lipinski definition) is 1. The lowest BCUT2D eigenvalue weighted by molar-refractivity contribution is 0.415. The minimum Gasteiger partial charge on any atom is -0.497 e. The van der Waals surface area contributed by atoms with Crippen LogP contribution in [0.25, 0.3) is 10.8 Å². The summed E-state index contributed by atoms with van der Waals surface area (Å²) in [6, 6.07) is 7.76. The zero-order valence-electron chi connectivity index (χ0n) is 8.24. The quantitative estimate of drug-likeness (QED) is 0.745. The molecule has 1 aromatic carbocycles. The number of anilines is 1. The largest absolute Gasteiger partial charge is 0.497 e. The molecule has 14 heavy (non-hydrogen) atoms. The first-order valence-corrected chi connectivity index (χ1v) is 4.41. The van der Waals surface area contributed by atoms with Gasteiger partial charge in [-0.2, -0.15) is 0 Å². The first kappa shape index (κ1) is 8.81. The predicted octanol–water partition coefficient (Wildman–Crippen LogP) is 2.13. The summed E-state index contributed by atoms with van der Waals surface area (Å²) in [6.07, 6.45) is 0. The Hall–Kier alpha value is -1.77. The molecule has 0 saturated heterocycles. The van der Waals surface area contributed by atoms with Gasteiger partial charge in [-0.05, 0) is 36.6 Å². The topological polar surface area (TPSA) is 48.1 Å². The van der Waals surface area contributed by atoms with Gasteiger partial charge in [-0.3, -0.25) is 0 Å². The molecule has 2 N–H and O–H groups in total. The molecule has 1 heterocycles. The molecule has 2 rings (SSSR count). The summed E-state index contributed by atoms with van der Waals surface area (Å²) in [5.74, 6) is 1.41. The van der Waals surface area contributed by atoms with Gasteiger partial charge in [-0.15, -0.1) is 0 Å². The SMILES string of the molecule is COc1ccc2c(N)nc(C)cc2c1. The van der Waals surface area contributed by atoms with Crippen molar-refractivity contribution in [3.05, 3.63) is 30.0 Å². The number of aryl methyl sites for hydroxylation is 1. The number of nitrogen functional groups attached to an aromatic ring is 1. The second-order valence-electron chi connectivity index (χ2n) is 3.24. The van der Waals surface area contributed by atoms with Crippen molar-refractivity contribution in [2.75, 3.05) is 12.8 Å². The van der Waals surface area contributed by atoms with E-state index in [1.165, 1.54) is 0 Å². The number of nitrogens with two attached hydrogens (primary N) is 1. The van der Waals surface area contributed by atoms with Gasteiger partial charge in [-0.25, -0.2) is 4.98 Å². The van der Waals surface area contributed by atoms with Crippen molar-refractivity contribution >= 4 is 16.6 Å². The second kappa shape index (κ2) is 3.18. The predicted molar refractivity (Wildman–Crippen MR) is 57.4 cm³/mol. The number of pyridine rings is 1. The summed E-state index contributed by atoms with van der Waals surface area (Å²) in [7, 11) is 1.65. The number of nitrogens with zero attached hydrogens (tertiary/aromatic N) is 1. The fourth-order valence-electron chi connectivity index (χ4n) is 1.53. The van der Waals surface area contributed by atoms with E-state index >= 15 is 0 Å². The fourth-order valence-corrected chi connectivity index (χ4v) is 1.53. The van der Waals surface area contributed by atoms with E-state index in [0.717, 1.165) is 22.2 Å². The summed E-state index contributed by atoms with van der Waals surface area (Å²) in [5.41, 5.74) is 6.72. The van der Waals surface area contributed by atoms with Crippen LogP contribution in [0, 0.1) is 6.92 Å². The van der Waals surface area contributed by atoms with Crippen molar-refractivity contribution in [3.63, 3.8) is 0 Å². The molecule has 0 unspecified atom stereocenters. The lowest BCUT2D eigenvalue weighted by atomic mass is 10.1. The van der Waals surface area contributed by atoms with Gasteiger partial charge in [-0.1, -0.05) is 0 Å². The Morgan fingerprint density at radius 3 is 2.79 bits per heavy atom. The minimum atomic E-state index is 0.572. The van der Waals surface area contributed by atoms with Gasteiger partial charge < -0.3 is 10.5 Å². The molecule has 0 aliphatic rings. The van der Waals surface area contributed by atoms with E-state index in [-0.39, 0.29) is 0 Å². The molecule has 0 saturated carbocycles. The summed E-state index contributed by atoms with van der Waals surface area (Å²) in [5, 5.41) is 2.03. The van der Waals surface area contributed by atoms with E-state index in [0.29, 0.717) is 5.82 Å². The monoisotopic (exact) mass is 188 g/mol. The molecule has 2 aromatic rings. The highest BCUT2D eigenvalue weighted by atomic mass is 16.5. The van der Waals surface area contributed by atoms with Gasteiger partial charge >= 0.3 is 0 Å². The number of fused-ring (bicyclic) bond motifs is 1. The van der Waals surface area contributed by atoms with Crippen molar-refractivity contribution in [1.29, 1.82) is 0 Å². The van der Waals surface area contributed by atoms with Crippen molar-refractivity contribution in [2.24, 2.45) is 0 Å². The average Bonchev–Trinajstić information content (AvgIpc) is 2.16. The zero-order chi connectivity index (χ0) is 10.1. The van der Waals surface area contributed by atoms with E-state index in [1.54, 1.807) is 7.11 Å². The van der Waals surface area contributed by atoms with Crippen molar-refractivity contribution in [2.45, 2.75) is 6.92 Å². The van der Waals surface area contributed by atoms with Gasteiger partial charge in [0.15, 0.2) is 0 Å².